The van der Waals surface area contributed by atoms with Gasteiger partial charge in [-0.05, 0) is 31.2 Å². The standard InChI is InChI=1S/C17H19N2O2/c1-12-6-4-9-16-18-10-13(11-19(12)16)14-7-5-8-15(20-2)17(14)21-3/h4-6,8-9,13H,10-11H2,1-3H3. The minimum Gasteiger partial charge on any atom is -0.493 e. The molecule has 1 aromatic carbocycles. The molecule has 0 aromatic heterocycles. The Bertz CT molecular complexity index is 632. The number of ether oxygens (including phenoxy) is 2. The molecule has 4 heteroatoms. The minimum atomic E-state index is 0.244. The van der Waals surface area contributed by atoms with E-state index in [4.69, 9.17) is 9.47 Å². The second-order valence-corrected chi connectivity index (χ2v) is 5.17. The van der Waals surface area contributed by atoms with Crippen LogP contribution in [-0.2, 0) is 0 Å². The van der Waals surface area contributed by atoms with E-state index in [9.17, 15) is 0 Å². The molecular formula is C17H19N2O2. The number of allylic oxidation sites excluding steroid dienone is 3. The van der Waals surface area contributed by atoms with E-state index in [2.05, 4.69) is 35.0 Å². The highest BCUT2D eigenvalue weighted by molar-refractivity contribution is 5.96. The second-order valence-electron chi connectivity index (χ2n) is 5.17. The van der Waals surface area contributed by atoms with E-state index in [0.717, 1.165) is 36.0 Å². The first-order valence-corrected chi connectivity index (χ1v) is 7.04. The molecule has 0 N–H and O–H groups in total. The maximum Gasteiger partial charge on any atom is 0.164 e. The van der Waals surface area contributed by atoms with Gasteiger partial charge in [0.2, 0.25) is 0 Å². The Kier molecular flexibility index (Phi) is 3.69. The van der Waals surface area contributed by atoms with E-state index in [1.807, 2.05) is 18.2 Å². The summed E-state index contributed by atoms with van der Waals surface area (Å²) in [6.07, 6.45) is 6.20. The van der Waals surface area contributed by atoms with E-state index in [1.165, 1.54) is 5.70 Å². The number of fused-ring (bicyclic) bond motifs is 1. The van der Waals surface area contributed by atoms with Gasteiger partial charge in [0.25, 0.3) is 0 Å². The van der Waals surface area contributed by atoms with Crippen LogP contribution in [0.2, 0.25) is 0 Å². The minimum absolute atomic E-state index is 0.244. The van der Waals surface area contributed by atoms with Gasteiger partial charge in [0.15, 0.2) is 11.5 Å². The van der Waals surface area contributed by atoms with Crippen molar-refractivity contribution in [2.75, 3.05) is 27.3 Å². The topological polar surface area (TPSA) is 34.1 Å². The van der Waals surface area contributed by atoms with Gasteiger partial charge >= 0.3 is 0 Å². The molecule has 0 spiro atoms. The van der Waals surface area contributed by atoms with Gasteiger partial charge in [-0.2, -0.15) is 0 Å². The van der Waals surface area contributed by atoms with Crippen LogP contribution in [0.4, 0.5) is 0 Å². The molecule has 1 aromatic rings. The summed E-state index contributed by atoms with van der Waals surface area (Å²) in [4.78, 5) is 6.93. The zero-order valence-corrected chi connectivity index (χ0v) is 12.6. The molecule has 0 saturated carbocycles. The summed E-state index contributed by atoms with van der Waals surface area (Å²) in [5, 5.41) is 0. The lowest BCUT2D eigenvalue weighted by atomic mass is 9.95. The first kappa shape index (κ1) is 13.7. The average Bonchev–Trinajstić information content (AvgIpc) is 2.54. The Labute approximate surface area is 125 Å². The van der Waals surface area contributed by atoms with E-state index in [1.54, 1.807) is 14.2 Å². The van der Waals surface area contributed by atoms with Gasteiger partial charge in [0.1, 0.15) is 5.84 Å². The number of nitrogens with zero attached hydrogens (tertiary/aromatic N) is 2. The number of rotatable bonds is 3. The quantitative estimate of drug-likeness (QED) is 0.855. The number of hydrogen-bond acceptors (Lipinski definition) is 4. The number of amidine groups is 1. The zero-order valence-electron chi connectivity index (χ0n) is 12.6. The van der Waals surface area contributed by atoms with Crippen LogP contribution >= 0.6 is 0 Å². The maximum absolute atomic E-state index is 5.53. The molecule has 0 fully saturated rings. The highest BCUT2D eigenvalue weighted by Gasteiger charge is 2.27. The highest BCUT2D eigenvalue weighted by atomic mass is 16.5. The zero-order chi connectivity index (χ0) is 14.8. The Morgan fingerprint density at radius 2 is 2.19 bits per heavy atom. The van der Waals surface area contributed by atoms with E-state index in [-0.39, 0.29) is 5.92 Å². The molecule has 1 unspecified atom stereocenters. The van der Waals surface area contributed by atoms with Gasteiger partial charge in [0.05, 0.1) is 20.8 Å². The fourth-order valence-electron chi connectivity index (χ4n) is 2.83. The first-order valence-electron chi connectivity index (χ1n) is 7.04. The smallest absolute Gasteiger partial charge is 0.164 e. The van der Waals surface area contributed by atoms with Crippen molar-refractivity contribution in [2.24, 2.45) is 4.99 Å². The fourth-order valence-corrected chi connectivity index (χ4v) is 2.83. The van der Waals surface area contributed by atoms with E-state index >= 15 is 0 Å². The monoisotopic (exact) mass is 283 g/mol. The van der Waals surface area contributed by atoms with Crippen LogP contribution in [0.15, 0.2) is 41.1 Å². The van der Waals surface area contributed by atoms with Gasteiger partial charge in [-0.3, -0.25) is 4.99 Å². The maximum atomic E-state index is 5.53. The second kappa shape index (κ2) is 5.64. The van der Waals surface area contributed by atoms with Crippen molar-refractivity contribution in [1.82, 2.24) is 4.90 Å². The number of aliphatic imine (C=N–C) groups is 1. The van der Waals surface area contributed by atoms with Gasteiger partial charge in [-0.25, -0.2) is 0 Å². The Morgan fingerprint density at radius 3 is 2.95 bits per heavy atom. The molecule has 0 bridgehead atoms. The molecule has 4 nitrogen and oxygen atoms in total. The summed E-state index contributed by atoms with van der Waals surface area (Å²) >= 11 is 0. The molecule has 109 valence electrons. The molecule has 2 heterocycles. The summed E-state index contributed by atoms with van der Waals surface area (Å²) in [6.45, 7) is 3.73. The largest absolute Gasteiger partial charge is 0.493 e. The predicted octanol–water partition coefficient (Wildman–Crippen LogP) is 2.78. The van der Waals surface area contributed by atoms with Crippen LogP contribution in [0, 0.1) is 6.07 Å². The summed E-state index contributed by atoms with van der Waals surface area (Å²) in [5.41, 5.74) is 2.24. The van der Waals surface area contributed by atoms with Gasteiger partial charge in [-0.1, -0.05) is 12.1 Å². The molecule has 2 aliphatic heterocycles. The van der Waals surface area contributed by atoms with Gasteiger partial charge in [-0.15, -0.1) is 0 Å². The number of methoxy groups -OCH3 is 2. The van der Waals surface area contributed by atoms with Gasteiger partial charge in [0, 0.05) is 23.7 Å². The summed E-state index contributed by atoms with van der Waals surface area (Å²) < 4.78 is 10.9. The molecule has 3 rings (SSSR count). The molecule has 1 atom stereocenters. The normalized spacial score (nSPS) is 20.5. The molecule has 21 heavy (non-hydrogen) atoms. The first-order chi connectivity index (χ1) is 10.2. The highest BCUT2D eigenvalue weighted by Crippen LogP contribution is 2.37. The third kappa shape index (κ3) is 2.42. The van der Waals surface area contributed by atoms with Crippen molar-refractivity contribution in [3.63, 3.8) is 0 Å². The third-order valence-electron chi connectivity index (χ3n) is 3.94. The van der Waals surface area contributed by atoms with Crippen molar-refractivity contribution in [1.29, 1.82) is 0 Å². The average molecular weight is 283 g/mol. The van der Waals surface area contributed by atoms with Crippen LogP contribution in [0.5, 0.6) is 11.5 Å². The summed E-state index contributed by atoms with van der Waals surface area (Å²) in [7, 11) is 3.32. The predicted molar refractivity (Wildman–Crippen MR) is 83.0 cm³/mol. The van der Waals surface area contributed by atoms with Gasteiger partial charge < -0.3 is 14.4 Å². The molecule has 2 aliphatic rings. The Hall–Kier alpha value is -2.23. The lowest BCUT2D eigenvalue weighted by molar-refractivity contribution is 0.344. The fraction of sp³-hybridized carbons (Fsp3) is 0.353. The Balaban J connectivity index is 1.95. The van der Waals surface area contributed by atoms with Crippen LogP contribution in [0.3, 0.4) is 0 Å². The van der Waals surface area contributed by atoms with Crippen molar-refractivity contribution < 1.29 is 9.47 Å². The van der Waals surface area contributed by atoms with E-state index < -0.39 is 0 Å². The summed E-state index contributed by atoms with van der Waals surface area (Å²) in [5.74, 6) is 2.78. The summed E-state index contributed by atoms with van der Waals surface area (Å²) in [6, 6.07) is 7.06. The Morgan fingerprint density at radius 1 is 1.33 bits per heavy atom. The SMILES string of the molecule is COc1cc[c]c(C2CN=C3C=CC=C(C)N3C2)c1OC. The molecule has 0 aliphatic carbocycles. The van der Waals surface area contributed by atoms with E-state index in [0.29, 0.717) is 0 Å². The lowest BCUT2D eigenvalue weighted by Crippen LogP contribution is -2.38. The van der Waals surface area contributed by atoms with Crippen molar-refractivity contribution in [3.8, 4) is 11.5 Å². The number of hydrogen-bond donors (Lipinski definition) is 0. The van der Waals surface area contributed by atoms with Crippen LogP contribution in [-0.4, -0.2) is 38.0 Å². The van der Waals surface area contributed by atoms with Crippen LogP contribution < -0.4 is 9.47 Å². The molecule has 0 amide bonds. The number of benzene rings is 1. The molecule has 0 saturated heterocycles. The van der Waals surface area contributed by atoms with Crippen LogP contribution in [0.1, 0.15) is 18.4 Å². The lowest BCUT2D eigenvalue weighted by Gasteiger charge is -2.35. The molecular weight excluding hydrogens is 264 g/mol. The van der Waals surface area contributed by atoms with Crippen molar-refractivity contribution in [3.05, 3.63) is 47.7 Å². The van der Waals surface area contributed by atoms with Crippen molar-refractivity contribution in [2.45, 2.75) is 12.8 Å². The van der Waals surface area contributed by atoms with Crippen LogP contribution in [0.25, 0.3) is 0 Å². The molecule has 1 radical (unpaired) electrons. The third-order valence-corrected chi connectivity index (χ3v) is 3.94. The van der Waals surface area contributed by atoms with Crippen molar-refractivity contribution >= 4 is 5.84 Å².